The van der Waals surface area contributed by atoms with Crippen molar-refractivity contribution in [2.75, 3.05) is 0 Å². The molecule has 0 amide bonds. The Morgan fingerprint density at radius 2 is 1.87 bits per heavy atom. The van der Waals surface area contributed by atoms with Gasteiger partial charge in [-0.1, -0.05) is 12.1 Å². The van der Waals surface area contributed by atoms with Crippen molar-refractivity contribution in [3.63, 3.8) is 0 Å². The molecule has 0 saturated heterocycles. The molecule has 4 heteroatoms. The standard InChI is InChI=1S/C11H10N2O2/c14-10-4-1-8(2-5-10)7-9-3-6-11(15)13-12-9/h1-6,14H,7H2,(H,13,15). The van der Waals surface area contributed by atoms with E-state index < -0.39 is 0 Å². The van der Waals surface area contributed by atoms with Gasteiger partial charge in [0.15, 0.2) is 0 Å². The van der Waals surface area contributed by atoms with Gasteiger partial charge in [0.1, 0.15) is 5.75 Å². The van der Waals surface area contributed by atoms with Crippen LogP contribution in [0, 0.1) is 0 Å². The summed E-state index contributed by atoms with van der Waals surface area (Å²) in [6.45, 7) is 0. The number of aromatic amines is 1. The molecule has 15 heavy (non-hydrogen) atoms. The van der Waals surface area contributed by atoms with E-state index in [-0.39, 0.29) is 11.3 Å². The number of nitrogens with zero attached hydrogens (tertiary/aromatic N) is 1. The summed E-state index contributed by atoms with van der Waals surface area (Å²) in [5.74, 6) is 0.244. The zero-order valence-corrected chi connectivity index (χ0v) is 7.97. The number of aromatic hydroxyl groups is 1. The maximum Gasteiger partial charge on any atom is 0.264 e. The van der Waals surface area contributed by atoms with Crippen LogP contribution in [0.3, 0.4) is 0 Å². The van der Waals surface area contributed by atoms with Gasteiger partial charge in [0.25, 0.3) is 5.56 Å². The minimum Gasteiger partial charge on any atom is -0.508 e. The minimum absolute atomic E-state index is 0.204. The second-order valence-corrected chi connectivity index (χ2v) is 3.26. The topological polar surface area (TPSA) is 66.0 Å². The third-order valence-electron chi connectivity index (χ3n) is 2.06. The molecule has 0 aliphatic rings. The molecule has 4 nitrogen and oxygen atoms in total. The summed E-state index contributed by atoms with van der Waals surface area (Å²) in [5, 5.41) is 15.4. The number of H-pyrrole nitrogens is 1. The third-order valence-corrected chi connectivity index (χ3v) is 2.06. The fourth-order valence-electron chi connectivity index (χ4n) is 1.29. The smallest absolute Gasteiger partial charge is 0.264 e. The number of aromatic nitrogens is 2. The van der Waals surface area contributed by atoms with Crippen molar-refractivity contribution >= 4 is 0 Å². The number of rotatable bonds is 2. The molecule has 1 heterocycles. The monoisotopic (exact) mass is 202 g/mol. The Kier molecular flexibility index (Phi) is 2.49. The molecule has 0 spiro atoms. The van der Waals surface area contributed by atoms with E-state index in [9.17, 15) is 4.79 Å². The molecule has 0 radical (unpaired) electrons. The van der Waals surface area contributed by atoms with E-state index in [4.69, 9.17) is 5.11 Å². The van der Waals surface area contributed by atoms with Gasteiger partial charge >= 0.3 is 0 Å². The van der Waals surface area contributed by atoms with E-state index in [0.29, 0.717) is 6.42 Å². The van der Waals surface area contributed by atoms with Gasteiger partial charge in [-0.2, -0.15) is 5.10 Å². The van der Waals surface area contributed by atoms with Crippen molar-refractivity contribution in [2.24, 2.45) is 0 Å². The first-order chi connectivity index (χ1) is 7.24. The van der Waals surface area contributed by atoms with Crippen LogP contribution in [0.2, 0.25) is 0 Å². The number of hydrogen-bond acceptors (Lipinski definition) is 3. The highest BCUT2D eigenvalue weighted by molar-refractivity contribution is 5.28. The van der Waals surface area contributed by atoms with E-state index >= 15 is 0 Å². The van der Waals surface area contributed by atoms with Crippen LogP contribution in [0.5, 0.6) is 5.75 Å². The Balaban J connectivity index is 2.18. The maximum absolute atomic E-state index is 10.8. The molecule has 1 aromatic carbocycles. The Hall–Kier alpha value is -2.10. The van der Waals surface area contributed by atoms with Gasteiger partial charge in [-0.3, -0.25) is 4.79 Å². The lowest BCUT2D eigenvalue weighted by atomic mass is 10.1. The zero-order valence-electron chi connectivity index (χ0n) is 7.97. The highest BCUT2D eigenvalue weighted by atomic mass is 16.3. The first-order valence-corrected chi connectivity index (χ1v) is 4.56. The molecule has 0 atom stereocenters. The Bertz CT molecular complexity index is 482. The van der Waals surface area contributed by atoms with Crippen LogP contribution in [-0.4, -0.2) is 15.3 Å². The molecule has 2 aromatic rings. The second kappa shape index (κ2) is 3.96. The van der Waals surface area contributed by atoms with Crippen LogP contribution < -0.4 is 5.56 Å². The Labute approximate surface area is 86.2 Å². The summed E-state index contributed by atoms with van der Waals surface area (Å²) in [6, 6.07) is 10.0. The molecule has 2 rings (SSSR count). The van der Waals surface area contributed by atoms with Crippen molar-refractivity contribution in [3.05, 3.63) is 58.0 Å². The highest BCUT2D eigenvalue weighted by Gasteiger charge is 1.97. The maximum atomic E-state index is 10.8. The van der Waals surface area contributed by atoms with Crippen LogP contribution in [0.1, 0.15) is 11.3 Å². The average Bonchev–Trinajstić information content (AvgIpc) is 2.25. The Morgan fingerprint density at radius 1 is 1.13 bits per heavy atom. The number of hydrogen-bond donors (Lipinski definition) is 2. The normalized spacial score (nSPS) is 10.1. The van der Waals surface area contributed by atoms with Gasteiger partial charge in [-0.25, -0.2) is 5.10 Å². The van der Waals surface area contributed by atoms with Crippen LogP contribution in [0.15, 0.2) is 41.2 Å². The van der Waals surface area contributed by atoms with Crippen molar-refractivity contribution in [2.45, 2.75) is 6.42 Å². The average molecular weight is 202 g/mol. The SMILES string of the molecule is O=c1ccc(Cc2ccc(O)cc2)n[nH]1. The minimum atomic E-state index is -0.204. The van der Waals surface area contributed by atoms with Crippen molar-refractivity contribution in [3.8, 4) is 5.75 Å². The fraction of sp³-hybridized carbons (Fsp3) is 0.0909. The number of phenols is 1. The van der Waals surface area contributed by atoms with Gasteiger partial charge in [0, 0.05) is 12.5 Å². The first kappa shape index (κ1) is 9.45. The van der Waals surface area contributed by atoms with Crippen molar-refractivity contribution in [1.82, 2.24) is 10.2 Å². The van der Waals surface area contributed by atoms with Crippen LogP contribution in [-0.2, 0) is 6.42 Å². The van der Waals surface area contributed by atoms with Crippen molar-refractivity contribution in [1.29, 1.82) is 0 Å². The Morgan fingerprint density at radius 3 is 2.47 bits per heavy atom. The van der Waals surface area contributed by atoms with E-state index in [1.165, 1.54) is 6.07 Å². The zero-order chi connectivity index (χ0) is 10.7. The molecule has 0 bridgehead atoms. The molecule has 0 unspecified atom stereocenters. The molecule has 2 N–H and O–H groups in total. The van der Waals surface area contributed by atoms with Gasteiger partial charge in [-0.05, 0) is 23.8 Å². The van der Waals surface area contributed by atoms with Crippen molar-refractivity contribution < 1.29 is 5.11 Å². The molecule has 1 aromatic heterocycles. The lowest BCUT2D eigenvalue weighted by Crippen LogP contribution is -2.07. The molecule has 0 fully saturated rings. The number of phenolic OH excluding ortho intramolecular Hbond substituents is 1. The summed E-state index contributed by atoms with van der Waals surface area (Å²) >= 11 is 0. The summed E-state index contributed by atoms with van der Waals surface area (Å²) < 4.78 is 0. The van der Waals surface area contributed by atoms with Gasteiger partial charge in [0.2, 0.25) is 0 Å². The predicted octanol–water partition coefficient (Wildman–Crippen LogP) is 1.07. The van der Waals surface area contributed by atoms with Crippen LogP contribution in [0.4, 0.5) is 0 Å². The molecular formula is C11H10N2O2. The molecule has 76 valence electrons. The van der Waals surface area contributed by atoms with Crippen LogP contribution >= 0.6 is 0 Å². The van der Waals surface area contributed by atoms with E-state index in [1.807, 2.05) is 12.1 Å². The predicted molar refractivity (Wildman–Crippen MR) is 55.8 cm³/mol. The van der Waals surface area contributed by atoms with Gasteiger partial charge in [-0.15, -0.1) is 0 Å². The molecule has 0 saturated carbocycles. The largest absolute Gasteiger partial charge is 0.508 e. The lowest BCUT2D eigenvalue weighted by Gasteiger charge is -2.00. The first-order valence-electron chi connectivity index (χ1n) is 4.56. The molecule has 0 aliphatic carbocycles. The number of benzene rings is 1. The van der Waals surface area contributed by atoms with Crippen LogP contribution in [0.25, 0.3) is 0 Å². The second-order valence-electron chi connectivity index (χ2n) is 3.26. The number of nitrogens with one attached hydrogen (secondary N) is 1. The summed E-state index contributed by atoms with van der Waals surface area (Å²) in [6.07, 6.45) is 0.636. The summed E-state index contributed by atoms with van der Waals surface area (Å²) in [5.41, 5.74) is 1.62. The molecular weight excluding hydrogens is 192 g/mol. The van der Waals surface area contributed by atoms with E-state index in [0.717, 1.165) is 11.3 Å². The highest BCUT2D eigenvalue weighted by Crippen LogP contribution is 2.11. The van der Waals surface area contributed by atoms with Gasteiger partial charge < -0.3 is 5.11 Å². The fourth-order valence-corrected chi connectivity index (χ4v) is 1.29. The van der Waals surface area contributed by atoms with E-state index in [2.05, 4.69) is 10.2 Å². The lowest BCUT2D eigenvalue weighted by molar-refractivity contribution is 0.475. The van der Waals surface area contributed by atoms with Gasteiger partial charge in [0.05, 0.1) is 5.69 Å². The summed E-state index contributed by atoms with van der Waals surface area (Å²) in [4.78, 5) is 10.8. The third kappa shape index (κ3) is 2.43. The quantitative estimate of drug-likeness (QED) is 0.765. The molecule has 0 aliphatic heterocycles. The summed E-state index contributed by atoms with van der Waals surface area (Å²) in [7, 11) is 0. The van der Waals surface area contributed by atoms with E-state index in [1.54, 1.807) is 18.2 Å².